The molecular formula is C14H22N2O2S. The molecule has 1 fully saturated rings. The van der Waals surface area contributed by atoms with Crippen LogP contribution in [0, 0.1) is 0 Å². The summed E-state index contributed by atoms with van der Waals surface area (Å²) < 4.78 is 5.14. The van der Waals surface area contributed by atoms with E-state index in [1.807, 2.05) is 6.92 Å². The van der Waals surface area contributed by atoms with Crippen molar-refractivity contribution in [2.45, 2.75) is 52.1 Å². The first-order valence-corrected chi connectivity index (χ1v) is 7.96. The zero-order valence-electron chi connectivity index (χ0n) is 11.7. The van der Waals surface area contributed by atoms with Crippen molar-refractivity contribution in [1.82, 2.24) is 9.88 Å². The van der Waals surface area contributed by atoms with E-state index < -0.39 is 0 Å². The van der Waals surface area contributed by atoms with Crippen LogP contribution in [0.2, 0.25) is 0 Å². The first-order chi connectivity index (χ1) is 9.24. The normalized spacial score (nSPS) is 19.8. The van der Waals surface area contributed by atoms with Gasteiger partial charge in [-0.15, -0.1) is 11.3 Å². The van der Waals surface area contributed by atoms with Gasteiger partial charge in [0.25, 0.3) is 0 Å². The molecule has 0 saturated carbocycles. The molecule has 19 heavy (non-hydrogen) atoms. The Hall–Kier alpha value is -0.940. The Bertz CT molecular complexity index is 419. The minimum atomic E-state index is -0.0796. The van der Waals surface area contributed by atoms with Crippen LogP contribution >= 0.6 is 11.3 Å². The maximum Gasteiger partial charge on any atom is 0.323 e. The molecule has 1 aliphatic heterocycles. The Morgan fingerprint density at radius 1 is 1.58 bits per heavy atom. The summed E-state index contributed by atoms with van der Waals surface area (Å²) in [6.07, 6.45) is 4.15. The largest absolute Gasteiger partial charge is 0.465 e. The minimum absolute atomic E-state index is 0.0729. The molecule has 2 rings (SSSR count). The number of aryl methyl sites for hydroxylation is 1. The van der Waals surface area contributed by atoms with E-state index in [1.54, 1.807) is 11.3 Å². The number of aromatic nitrogens is 1. The van der Waals surface area contributed by atoms with Gasteiger partial charge in [0.2, 0.25) is 0 Å². The Kier molecular flexibility index (Phi) is 5.34. The molecule has 1 saturated heterocycles. The molecule has 0 N–H and O–H groups in total. The number of ether oxygens (including phenoxy) is 1. The molecule has 0 aliphatic carbocycles. The predicted octanol–water partition coefficient (Wildman–Crippen LogP) is 2.62. The van der Waals surface area contributed by atoms with Gasteiger partial charge in [-0.2, -0.15) is 0 Å². The first-order valence-electron chi connectivity index (χ1n) is 7.08. The molecule has 1 aromatic rings. The Balaban J connectivity index is 1.94. The number of nitrogens with zero attached hydrogens (tertiary/aromatic N) is 2. The van der Waals surface area contributed by atoms with Crippen molar-refractivity contribution < 1.29 is 9.53 Å². The molecule has 1 atom stereocenters. The zero-order chi connectivity index (χ0) is 13.7. The van der Waals surface area contributed by atoms with Crippen molar-refractivity contribution in [3.05, 3.63) is 16.1 Å². The van der Waals surface area contributed by atoms with Crippen LogP contribution in [0.5, 0.6) is 0 Å². The number of thiazole rings is 1. The molecule has 5 heteroatoms. The van der Waals surface area contributed by atoms with Crippen LogP contribution in [0.3, 0.4) is 0 Å². The van der Waals surface area contributed by atoms with Gasteiger partial charge in [-0.3, -0.25) is 9.69 Å². The third-order valence-electron chi connectivity index (χ3n) is 3.35. The number of rotatable bonds is 6. The molecule has 1 aromatic heterocycles. The molecule has 2 heterocycles. The third-order valence-corrected chi connectivity index (χ3v) is 4.31. The van der Waals surface area contributed by atoms with Crippen LogP contribution in [0.4, 0.5) is 0 Å². The Morgan fingerprint density at radius 2 is 2.42 bits per heavy atom. The first kappa shape index (κ1) is 14.5. The van der Waals surface area contributed by atoms with Crippen LogP contribution in [0.1, 0.15) is 43.8 Å². The van der Waals surface area contributed by atoms with Gasteiger partial charge in [-0.1, -0.05) is 6.92 Å². The highest BCUT2D eigenvalue weighted by Gasteiger charge is 2.32. The summed E-state index contributed by atoms with van der Waals surface area (Å²) in [5, 5.41) is 3.32. The molecule has 0 bridgehead atoms. The zero-order valence-corrected chi connectivity index (χ0v) is 12.5. The van der Waals surface area contributed by atoms with Crippen molar-refractivity contribution >= 4 is 17.3 Å². The minimum Gasteiger partial charge on any atom is -0.465 e. The van der Waals surface area contributed by atoms with Crippen LogP contribution in [-0.4, -0.2) is 35.0 Å². The lowest BCUT2D eigenvalue weighted by Crippen LogP contribution is -2.36. The van der Waals surface area contributed by atoms with Gasteiger partial charge in [0.15, 0.2) is 0 Å². The summed E-state index contributed by atoms with van der Waals surface area (Å²) >= 11 is 1.72. The number of likely N-dealkylation sites (tertiary alicyclic amines) is 1. The van der Waals surface area contributed by atoms with E-state index in [-0.39, 0.29) is 12.0 Å². The third kappa shape index (κ3) is 3.76. The number of hydrogen-bond donors (Lipinski definition) is 0. The monoisotopic (exact) mass is 282 g/mol. The fourth-order valence-corrected chi connectivity index (χ4v) is 3.37. The summed E-state index contributed by atoms with van der Waals surface area (Å²) in [5.74, 6) is -0.0796. The highest BCUT2D eigenvalue weighted by Crippen LogP contribution is 2.22. The second kappa shape index (κ2) is 7.01. The fraction of sp³-hybridized carbons (Fsp3) is 0.714. The number of hydrogen-bond acceptors (Lipinski definition) is 5. The van der Waals surface area contributed by atoms with Crippen molar-refractivity contribution in [3.63, 3.8) is 0 Å². The number of carbonyl (C=O) groups excluding carboxylic acids is 1. The lowest BCUT2D eigenvalue weighted by Gasteiger charge is -2.21. The molecule has 0 radical (unpaired) electrons. The van der Waals surface area contributed by atoms with Gasteiger partial charge in [0.1, 0.15) is 6.04 Å². The molecule has 1 aliphatic rings. The van der Waals surface area contributed by atoms with E-state index in [0.717, 1.165) is 44.5 Å². The van der Waals surface area contributed by atoms with Crippen LogP contribution in [0.25, 0.3) is 0 Å². The average Bonchev–Trinajstić information content (AvgIpc) is 3.00. The molecule has 0 amide bonds. The van der Waals surface area contributed by atoms with E-state index >= 15 is 0 Å². The highest BCUT2D eigenvalue weighted by atomic mass is 32.1. The van der Waals surface area contributed by atoms with Gasteiger partial charge in [0.05, 0.1) is 17.3 Å². The summed E-state index contributed by atoms with van der Waals surface area (Å²) in [5.41, 5.74) is 1.09. The smallest absolute Gasteiger partial charge is 0.323 e. The number of esters is 1. The standard InChI is InChI=1S/C14H22N2O2S/c1-3-6-13-15-11(10-19-13)9-16-8-5-7-12(16)14(17)18-4-2/h10,12H,3-9H2,1-2H3. The molecule has 106 valence electrons. The highest BCUT2D eigenvalue weighted by molar-refractivity contribution is 7.09. The summed E-state index contributed by atoms with van der Waals surface area (Å²) in [7, 11) is 0. The van der Waals surface area contributed by atoms with Crippen LogP contribution in [0.15, 0.2) is 5.38 Å². The van der Waals surface area contributed by atoms with E-state index in [0.29, 0.717) is 6.61 Å². The van der Waals surface area contributed by atoms with Crippen molar-refractivity contribution in [2.75, 3.05) is 13.2 Å². The number of carbonyl (C=O) groups is 1. The van der Waals surface area contributed by atoms with Gasteiger partial charge < -0.3 is 4.74 Å². The van der Waals surface area contributed by atoms with E-state index in [2.05, 4.69) is 22.2 Å². The van der Waals surface area contributed by atoms with Crippen molar-refractivity contribution in [2.24, 2.45) is 0 Å². The topological polar surface area (TPSA) is 42.4 Å². The average molecular weight is 282 g/mol. The van der Waals surface area contributed by atoms with E-state index in [4.69, 9.17) is 4.74 Å². The second-order valence-corrected chi connectivity index (χ2v) is 5.81. The molecule has 1 unspecified atom stereocenters. The van der Waals surface area contributed by atoms with Gasteiger partial charge in [-0.25, -0.2) is 4.98 Å². The van der Waals surface area contributed by atoms with E-state index in [1.165, 1.54) is 5.01 Å². The van der Waals surface area contributed by atoms with Crippen LogP contribution in [-0.2, 0) is 22.5 Å². The molecular weight excluding hydrogens is 260 g/mol. The van der Waals surface area contributed by atoms with Crippen molar-refractivity contribution in [3.8, 4) is 0 Å². The second-order valence-electron chi connectivity index (χ2n) is 4.86. The lowest BCUT2D eigenvalue weighted by atomic mass is 10.2. The van der Waals surface area contributed by atoms with Gasteiger partial charge in [0, 0.05) is 11.9 Å². The summed E-state index contributed by atoms with van der Waals surface area (Å²) in [6.45, 7) is 6.21. The van der Waals surface area contributed by atoms with Gasteiger partial charge >= 0.3 is 5.97 Å². The van der Waals surface area contributed by atoms with E-state index in [9.17, 15) is 4.79 Å². The van der Waals surface area contributed by atoms with Crippen LogP contribution < -0.4 is 0 Å². The van der Waals surface area contributed by atoms with Gasteiger partial charge in [-0.05, 0) is 39.2 Å². The molecule has 4 nitrogen and oxygen atoms in total. The molecule has 0 spiro atoms. The maximum absolute atomic E-state index is 11.9. The SMILES string of the molecule is CCCc1nc(CN2CCCC2C(=O)OCC)cs1. The Labute approximate surface area is 118 Å². The quantitative estimate of drug-likeness (QED) is 0.752. The summed E-state index contributed by atoms with van der Waals surface area (Å²) in [6, 6.07) is -0.0729. The summed E-state index contributed by atoms with van der Waals surface area (Å²) in [4.78, 5) is 18.7. The predicted molar refractivity (Wildman–Crippen MR) is 76.2 cm³/mol. The fourth-order valence-electron chi connectivity index (χ4n) is 2.48. The molecule has 0 aromatic carbocycles. The lowest BCUT2D eigenvalue weighted by molar-refractivity contribution is -0.148. The maximum atomic E-state index is 11.9. The van der Waals surface area contributed by atoms with Crippen molar-refractivity contribution in [1.29, 1.82) is 0 Å². The Morgan fingerprint density at radius 3 is 3.16 bits per heavy atom.